The van der Waals surface area contributed by atoms with Crippen LogP contribution in [0.5, 0.6) is 0 Å². The van der Waals surface area contributed by atoms with Gasteiger partial charge in [0, 0.05) is 32.3 Å². The molecule has 0 aliphatic carbocycles. The minimum Gasteiger partial charge on any atom is -0.459 e. The maximum absolute atomic E-state index is 12.9. The van der Waals surface area contributed by atoms with Crippen LogP contribution in [0, 0.1) is 6.92 Å². The molecule has 1 amide bonds. The molecule has 4 aromatic rings. The van der Waals surface area contributed by atoms with E-state index in [-0.39, 0.29) is 44.9 Å². The Morgan fingerprint density at radius 3 is 2.13 bits per heavy atom. The Morgan fingerprint density at radius 2 is 1.60 bits per heavy atom. The summed E-state index contributed by atoms with van der Waals surface area (Å²) in [5.41, 5.74) is -0.898. The van der Waals surface area contributed by atoms with E-state index < -0.39 is 35.2 Å². The highest BCUT2D eigenvalue weighted by Gasteiger charge is 2.35. The molecule has 0 bridgehead atoms. The predicted octanol–water partition coefficient (Wildman–Crippen LogP) is 8.10. The molecule has 2 aromatic carbocycles. The van der Waals surface area contributed by atoms with Gasteiger partial charge in [-0.2, -0.15) is 28.1 Å². The summed E-state index contributed by atoms with van der Waals surface area (Å²) in [5.74, 6) is 0.0764. The Balaban J connectivity index is 0.000000323. The highest BCUT2D eigenvalue weighted by atomic mass is 35.5. The second-order valence-electron chi connectivity index (χ2n) is 14.5. The fourth-order valence-corrected chi connectivity index (χ4v) is 6.00. The van der Waals surface area contributed by atoms with Crippen molar-refractivity contribution < 1.29 is 32.2 Å². The first-order chi connectivity index (χ1) is 27.9. The van der Waals surface area contributed by atoms with Crippen molar-refractivity contribution in [2.75, 3.05) is 41.7 Å². The van der Waals surface area contributed by atoms with Crippen LogP contribution in [-0.4, -0.2) is 79.8 Å². The van der Waals surface area contributed by atoms with Crippen molar-refractivity contribution in [2.24, 2.45) is 7.05 Å². The van der Waals surface area contributed by atoms with Crippen LogP contribution in [0.2, 0.25) is 10.3 Å². The monoisotopic (exact) mass is 902 g/mol. The zero-order valence-corrected chi connectivity index (χ0v) is 37.7. The number of ether oxygens (including phenoxy) is 2. The van der Waals surface area contributed by atoms with Gasteiger partial charge in [0.2, 0.25) is 23.1 Å². The standard InChI is InChI=1S/C16H14ClF3N2O4.C15H22ClNO2.C9H16ClN5/c1-8(2)26-14(24)10-6-9(4-5-11(10)17)22-13(23)7-12(16(18,19)20)21(3)15(22)25;1-5-13-8-6-7-11(2)15(13)17(14(18)9-16)12(3)10-19-4;1-5-11-7-12-6(10)13-8(14-7)15-9(2,3)4/h4-8H,1-3H3;6-8,12H,5,9-10H2,1-4H3;5H2,1-4H3,(H2,11,12,13,14,15). The molecule has 2 N–H and O–H groups in total. The Bertz CT molecular complexity index is 2210. The molecular formula is C40H52Cl3F3N8O6. The molecule has 14 nitrogen and oxygen atoms in total. The van der Waals surface area contributed by atoms with Crippen molar-refractivity contribution in [2.45, 2.75) is 92.6 Å². The minimum absolute atomic E-state index is 0.0104. The Morgan fingerprint density at radius 1 is 0.967 bits per heavy atom. The number of methoxy groups -OCH3 is 1. The number of anilines is 3. The summed E-state index contributed by atoms with van der Waals surface area (Å²) in [6.07, 6.45) is -4.43. The summed E-state index contributed by atoms with van der Waals surface area (Å²) in [6.45, 7) is 18.6. The molecule has 1 atom stereocenters. The number of rotatable bonds is 12. The summed E-state index contributed by atoms with van der Waals surface area (Å²) in [7, 11) is 2.53. The number of nitrogens with zero attached hydrogens (tertiary/aromatic N) is 6. The molecule has 0 aliphatic heterocycles. The summed E-state index contributed by atoms with van der Waals surface area (Å²) in [4.78, 5) is 62.5. The average Bonchev–Trinajstić information content (AvgIpc) is 3.13. The number of carbonyl (C=O) groups excluding carboxylic acids is 2. The van der Waals surface area contributed by atoms with Crippen molar-refractivity contribution in [1.29, 1.82) is 0 Å². The van der Waals surface area contributed by atoms with Gasteiger partial charge in [0.25, 0.3) is 5.56 Å². The third-order valence-corrected chi connectivity index (χ3v) is 8.71. The maximum Gasteiger partial charge on any atom is 0.431 e. The van der Waals surface area contributed by atoms with Crippen LogP contribution in [0.15, 0.2) is 52.1 Å². The van der Waals surface area contributed by atoms with E-state index in [0.29, 0.717) is 33.7 Å². The van der Waals surface area contributed by atoms with Gasteiger partial charge in [-0.15, -0.1) is 11.6 Å². The molecular weight excluding hydrogens is 852 g/mol. The van der Waals surface area contributed by atoms with Gasteiger partial charge in [-0.1, -0.05) is 36.7 Å². The number of nitrogens with one attached hydrogen (secondary N) is 2. The van der Waals surface area contributed by atoms with E-state index in [0.717, 1.165) is 42.9 Å². The zero-order valence-electron chi connectivity index (χ0n) is 35.4. The average molecular weight is 904 g/mol. The molecule has 2 heterocycles. The molecule has 0 saturated heterocycles. The van der Waals surface area contributed by atoms with Crippen LogP contribution < -0.4 is 26.8 Å². The van der Waals surface area contributed by atoms with Crippen molar-refractivity contribution in [3.8, 4) is 5.69 Å². The highest BCUT2D eigenvalue weighted by molar-refractivity contribution is 6.33. The number of carbonyl (C=O) groups is 2. The van der Waals surface area contributed by atoms with Crippen molar-refractivity contribution in [3.63, 3.8) is 0 Å². The fraction of sp³-hybridized carbons (Fsp3) is 0.475. The topological polar surface area (TPSA) is 163 Å². The van der Waals surface area contributed by atoms with Crippen molar-refractivity contribution in [1.82, 2.24) is 24.1 Å². The van der Waals surface area contributed by atoms with Gasteiger partial charge < -0.3 is 25.0 Å². The van der Waals surface area contributed by atoms with Gasteiger partial charge in [-0.3, -0.25) is 14.2 Å². The Hall–Kier alpha value is -4.71. The molecule has 60 heavy (non-hydrogen) atoms. The first-order valence-corrected chi connectivity index (χ1v) is 20.0. The number of halogens is 6. The number of benzene rings is 2. The summed E-state index contributed by atoms with van der Waals surface area (Å²) >= 11 is 17.5. The van der Waals surface area contributed by atoms with Crippen LogP contribution in [0.25, 0.3) is 5.69 Å². The number of hydrogen-bond donors (Lipinski definition) is 2. The number of alkyl halides is 4. The van der Waals surface area contributed by atoms with Crippen LogP contribution in [0.3, 0.4) is 0 Å². The molecule has 2 aromatic heterocycles. The van der Waals surface area contributed by atoms with Gasteiger partial charge in [0.1, 0.15) is 11.6 Å². The van der Waals surface area contributed by atoms with Crippen LogP contribution in [-0.2, 0) is 33.9 Å². The minimum atomic E-state index is -4.86. The van der Waals surface area contributed by atoms with Gasteiger partial charge in [-0.05, 0) is 103 Å². The van der Waals surface area contributed by atoms with Crippen molar-refractivity contribution >= 4 is 64.3 Å². The maximum atomic E-state index is 12.9. The summed E-state index contributed by atoms with van der Waals surface area (Å²) < 4.78 is 49.7. The normalized spacial score (nSPS) is 11.8. The quantitative estimate of drug-likeness (QED) is 0.104. The van der Waals surface area contributed by atoms with Gasteiger partial charge in [-0.25, -0.2) is 14.2 Å². The number of esters is 1. The number of aryl methyl sites for hydroxylation is 2. The lowest BCUT2D eigenvalue weighted by molar-refractivity contribution is -0.144. The molecule has 0 spiro atoms. The zero-order chi connectivity index (χ0) is 45.7. The molecule has 4 rings (SSSR count). The lowest BCUT2D eigenvalue weighted by Crippen LogP contribution is -2.43. The Kier molecular flexibility index (Phi) is 19.5. The SMILES string of the molecule is CC(C)OC(=O)c1cc(-n2c(=O)cc(C(F)(F)F)n(C)c2=O)ccc1Cl.CCNc1nc(Cl)nc(NC(C)(C)C)n1.CCc1cccc(C)c1N(C(=O)CCl)C(C)COC. The number of para-hydroxylation sites is 1. The Labute approximate surface area is 362 Å². The van der Waals surface area contributed by atoms with Gasteiger partial charge in [0.05, 0.1) is 40.7 Å². The third-order valence-electron chi connectivity index (χ3n) is 7.99. The van der Waals surface area contributed by atoms with Crippen LogP contribution in [0.1, 0.15) is 82.6 Å². The third kappa shape index (κ3) is 14.8. The van der Waals surface area contributed by atoms with Crippen LogP contribution >= 0.6 is 34.8 Å². The second-order valence-corrected chi connectivity index (χ2v) is 15.5. The molecule has 0 saturated carbocycles. The summed E-state index contributed by atoms with van der Waals surface area (Å²) in [5, 5.41) is 6.32. The van der Waals surface area contributed by atoms with E-state index in [1.165, 1.54) is 12.1 Å². The van der Waals surface area contributed by atoms with E-state index in [4.69, 9.17) is 44.3 Å². The fourth-order valence-electron chi connectivity index (χ4n) is 5.52. The first kappa shape index (κ1) is 51.4. The molecule has 0 radical (unpaired) electrons. The molecule has 330 valence electrons. The lowest BCUT2D eigenvalue weighted by Gasteiger charge is -2.31. The van der Waals surface area contributed by atoms with Crippen molar-refractivity contribution in [3.05, 3.63) is 96.0 Å². The number of aromatic nitrogens is 5. The van der Waals surface area contributed by atoms with E-state index in [1.807, 2.05) is 53.7 Å². The second kappa shape index (κ2) is 22.8. The number of amides is 1. The highest BCUT2D eigenvalue weighted by Crippen LogP contribution is 2.29. The molecule has 1 unspecified atom stereocenters. The molecule has 20 heteroatoms. The van der Waals surface area contributed by atoms with E-state index >= 15 is 0 Å². The smallest absolute Gasteiger partial charge is 0.431 e. The van der Waals surface area contributed by atoms with Gasteiger partial charge >= 0.3 is 17.8 Å². The van der Waals surface area contributed by atoms with Gasteiger partial charge in [0.15, 0.2) is 0 Å². The van der Waals surface area contributed by atoms with E-state index in [1.54, 1.807) is 25.9 Å². The molecule has 0 fully saturated rings. The van der Waals surface area contributed by atoms with E-state index in [9.17, 15) is 32.3 Å². The summed E-state index contributed by atoms with van der Waals surface area (Å²) in [6, 6.07) is 9.95. The largest absolute Gasteiger partial charge is 0.459 e. The first-order valence-electron chi connectivity index (χ1n) is 18.7. The van der Waals surface area contributed by atoms with Crippen LogP contribution in [0.4, 0.5) is 30.8 Å². The van der Waals surface area contributed by atoms with E-state index in [2.05, 4.69) is 38.6 Å². The molecule has 0 aliphatic rings. The predicted molar refractivity (Wildman–Crippen MR) is 230 cm³/mol. The lowest BCUT2D eigenvalue weighted by atomic mass is 10.0. The number of hydrogen-bond acceptors (Lipinski definition) is 11.